The fraction of sp³-hybridized carbons (Fsp3) is 0.500. The maximum Gasteiger partial charge on any atom is 0.250 e. The van der Waals surface area contributed by atoms with Gasteiger partial charge in [-0.2, -0.15) is 10.2 Å². The van der Waals surface area contributed by atoms with Crippen LogP contribution in [0.25, 0.3) is 0 Å². The second-order valence-electron chi connectivity index (χ2n) is 8.89. The van der Waals surface area contributed by atoms with Crippen LogP contribution in [0.4, 0.5) is 0 Å². The van der Waals surface area contributed by atoms with Gasteiger partial charge in [0.1, 0.15) is 0 Å². The predicted molar refractivity (Wildman–Crippen MR) is 104 cm³/mol. The summed E-state index contributed by atoms with van der Waals surface area (Å²) in [5.41, 5.74) is 4.81. The summed E-state index contributed by atoms with van der Waals surface area (Å²) in [5.74, 6) is 0.703. The van der Waals surface area contributed by atoms with Crippen molar-refractivity contribution >= 4 is 5.91 Å². The van der Waals surface area contributed by atoms with E-state index in [1.165, 1.54) is 24.0 Å². The lowest BCUT2D eigenvalue weighted by Crippen LogP contribution is -2.58. The molecule has 1 aliphatic carbocycles. The molecule has 0 saturated heterocycles. The molecule has 1 aromatic carbocycles. The second kappa shape index (κ2) is 5.54. The van der Waals surface area contributed by atoms with Crippen molar-refractivity contribution in [3.8, 4) is 0 Å². The van der Waals surface area contributed by atoms with E-state index < -0.39 is 5.41 Å². The highest BCUT2D eigenvalue weighted by molar-refractivity contribution is 6.00. The Kier molecular flexibility index (Phi) is 3.43. The molecule has 1 unspecified atom stereocenters. The summed E-state index contributed by atoms with van der Waals surface area (Å²) < 4.78 is 0. The van der Waals surface area contributed by atoms with E-state index in [-0.39, 0.29) is 17.6 Å². The Bertz CT molecular complexity index is 922. The van der Waals surface area contributed by atoms with E-state index in [1.54, 1.807) is 0 Å². The molecular weight excluding hydrogens is 336 g/mol. The van der Waals surface area contributed by atoms with E-state index in [0.717, 1.165) is 29.7 Å². The van der Waals surface area contributed by atoms with Gasteiger partial charge in [0, 0.05) is 23.2 Å². The lowest BCUT2D eigenvalue weighted by Gasteiger charge is -2.48. The van der Waals surface area contributed by atoms with Gasteiger partial charge in [0.25, 0.3) is 5.91 Å². The van der Waals surface area contributed by atoms with Crippen molar-refractivity contribution < 1.29 is 4.79 Å². The normalized spacial score (nSPS) is 31.0. The molecule has 5 rings (SSSR count). The number of carbonyl (C=O) groups is 1. The number of amides is 1. The third kappa shape index (κ3) is 2.40. The number of nitrogens with one attached hydrogen (secondary N) is 2. The maximum absolute atomic E-state index is 13.3. The minimum Gasteiger partial charge on any atom is -0.362 e. The number of fused-ring (bicyclic) bond motifs is 1. The Morgan fingerprint density at radius 1 is 1.26 bits per heavy atom. The molecule has 0 spiro atoms. The maximum atomic E-state index is 13.3. The van der Waals surface area contributed by atoms with Crippen molar-refractivity contribution in [2.24, 2.45) is 10.2 Å². The topological polar surface area (TPSA) is 65.8 Å². The van der Waals surface area contributed by atoms with Crippen LogP contribution in [0.2, 0.25) is 0 Å². The Hall–Kier alpha value is -2.43. The van der Waals surface area contributed by atoms with E-state index >= 15 is 0 Å². The Morgan fingerprint density at radius 3 is 2.81 bits per heavy atom. The number of carbonyl (C=O) groups excluding carboxylic acids is 1. The average molecular weight is 362 g/mol. The summed E-state index contributed by atoms with van der Waals surface area (Å²) in [7, 11) is 0. The summed E-state index contributed by atoms with van der Waals surface area (Å²) in [5, 5.41) is 15.4. The van der Waals surface area contributed by atoms with Crippen LogP contribution in [0.15, 0.2) is 57.5 Å². The van der Waals surface area contributed by atoms with Crippen molar-refractivity contribution in [3.05, 3.63) is 58.4 Å². The van der Waals surface area contributed by atoms with Gasteiger partial charge in [-0.05, 0) is 50.2 Å². The Morgan fingerprint density at radius 2 is 2.07 bits per heavy atom. The van der Waals surface area contributed by atoms with Gasteiger partial charge >= 0.3 is 0 Å². The molecule has 0 aromatic heterocycles. The van der Waals surface area contributed by atoms with E-state index in [4.69, 9.17) is 0 Å². The van der Waals surface area contributed by atoms with Crippen molar-refractivity contribution in [1.29, 1.82) is 0 Å². The van der Waals surface area contributed by atoms with Crippen LogP contribution < -0.4 is 10.6 Å². The number of hydrogen-bond acceptors (Lipinski definition) is 4. The molecule has 2 N–H and O–H groups in total. The highest BCUT2D eigenvalue weighted by Crippen LogP contribution is 2.52. The minimum absolute atomic E-state index is 0.0266. The quantitative estimate of drug-likeness (QED) is 0.852. The molecule has 3 aliphatic heterocycles. The van der Waals surface area contributed by atoms with E-state index in [0.29, 0.717) is 5.92 Å². The number of benzene rings is 1. The van der Waals surface area contributed by atoms with Crippen molar-refractivity contribution in [3.63, 3.8) is 0 Å². The van der Waals surface area contributed by atoms with Crippen LogP contribution in [0.3, 0.4) is 0 Å². The summed E-state index contributed by atoms with van der Waals surface area (Å²) >= 11 is 0. The third-order valence-electron chi connectivity index (χ3n) is 6.46. The molecule has 1 amide bonds. The highest BCUT2D eigenvalue weighted by atomic mass is 16.2. The Labute approximate surface area is 160 Å². The zero-order chi connectivity index (χ0) is 18.8. The molecule has 0 bridgehead atoms. The number of azo groups is 1. The van der Waals surface area contributed by atoms with Crippen molar-refractivity contribution in [2.45, 2.75) is 69.5 Å². The van der Waals surface area contributed by atoms with E-state index in [9.17, 15) is 4.79 Å². The summed E-state index contributed by atoms with van der Waals surface area (Å²) in [6.07, 6.45) is 5.81. The van der Waals surface area contributed by atoms with Gasteiger partial charge in [-0.1, -0.05) is 31.2 Å². The third-order valence-corrected chi connectivity index (χ3v) is 6.46. The predicted octanol–water partition coefficient (Wildman–Crippen LogP) is 4.04. The summed E-state index contributed by atoms with van der Waals surface area (Å²) in [4.78, 5) is 13.3. The zero-order valence-electron chi connectivity index (χ0n) is 16.2. The van der Waals surface area contributed by atoms with Crippen LogP contribution in [-0.4, -0.2) is 17.6 Å². The van der Waals surface area contributed by atoms with Gasteiger partial charge in [0.15, 0.2) is 6.17 Å². The smallest absolute Gasteiger partial charge is 0.250 e. The first-order valence-electron chi connectivity index (χ1n) is 9.98. The molecule has 1 aromatic rings. The first kappa shape index (κ1) is 16.7. The largest absolute Gasteiger partial charge is 0.362 e. The van der Waals surface area contributed by atoms with Crippen LogP contribution in [-0.2, 0) is 10.2 Å². The number of hydrogen-bond donors (Lipinski definition) is 2. The second-order valence-corrected chi connectivity index (χ2v) is 8.89. The molecule has 1 fully saturated rings. The standard InChI is InChI=1S/C22H26N4O/c1-4-22(15-7-5-6-14(10-15)13-8-9-13)16-12-23-26-19(16)24-17-11-21(2,3)25-20(27)18(17)22/h5-7,10,12-13,19,24H,4,8-9,11H2,1-3H3,(H,25,27)/t19?,22-/m1/s1. The molecule has 140 valence electrons. The molecule has 5 nitrogen and oxygen atoms in total. The molecule has 3 heterocycles. The minimum atomic E-state index is -0.472. The molecule has 2 atom stereocenters. The van der Waals surface area contributed by atoms with Gasteiger partial charge in [0.2, 0.25) is 0 Å². The number of nitrogens with zero attached hydrogens (tertiary/aromatic N) is 2. The molecule has 27 heavy (non-hydrogen) atoms. The van der Waals surface area contributed by atoms with Crippen LogP contribution in [0.1, 0.15) is 63.5 Å². The first-order chi connectivity index (χ1) is 12.9. The fourth-order valence-corrected chi connectivity index (χ4v) is 5.08. The highest BCUT2D eigenvalue weighted by Gasteiger charge is 2.53. The summed E-state index contributed by atoms with van der Waals surface area (Å²) in [6.45, 7) is 6.31. The number of rotatable bonds is 3. The summed E-state index contributed by atoms with van der Waals surface area (Å²) in [6, 6.07) is 8.86. The average Bonchev–Trinajstić information content (AvgIpc) is 3.37. The van der Waals surface area contributed by atoms with Crippen LogP contribution >= 0.6 is 0 Å². The molecular formula is C22H26N4O. The molecule has 0 radical (unpaired) electrons. The molecule has 1 saturated carbocycles. The van der Waals surface area contributed by atoms with Gasteiger partial charge in [-0.25, -0.2) is 0 Å². The van der Waals surface area contributed by atoms with Gasteiger partial charge < -0.3 is 10.6 Å². The van der Waals surface area contributed by atoms with E-state index in [2.05, 4.69) is 65.9 Å². The lowest BCUT2D eigenvalue weighted by molar-refractivity contribution is -0.120. The fourth-order valence-electron chi connectivity index (χ4n) is 5.08. The van der Waals surface area contributed by atoms with Crippen molar-refractivity contribution in [1.82, 2.24) is 10.6 Å². The van der Waals surface area contributed by atoms with Gasteiger partial charge in [0.05, 0.1) is 17.2 Å². The van der Waals surface area contributed by atoms with E-state index in [1.807, 2.05) is 6.20 Å². The molecule has 5 heteroatoms. The SMILES string of the molecule is CC[C@@]1(c2cccc(C3CC3)c2)C2=CN=NC2NC2=C1C(=O)NC(C)(C)C2. The lowest BCUT2D eigenvalue weighted by atomic mass is 9.62. The Balaban J connectivity index is 1.74. The first-order valence-corrected chi connectivity index (χ1v) is 9.98. The monoisotopic (exact) mass is 362 g/mol. The van der Waals surface area contributed by atoms with Crippen LogP contribution in [0.5, 0.6) is 0 Å². The van der Waals surface area contributed by atoms with Crippen LogP contribution in [0, 0.1) is 0 Å². The zero-order valence-corrected chi connectivity index (χ0v) is 16.2. The van der Waals surface area contributed by atoms with Gasteiger partial charge in [-0.15, -0.1) is 0 Å². The van der Waals surface area contributed by atoms with Crippen molar-refractivity contribution in [2.75, 3.05) is 0 Å². The van der Waals surface area contributed by atoms with Gasteiger partial charge in [-0.3, -0.25) is 4.79 Å². The molecule has 4 aliphatic rings.